The molecule has 5 rings (SSSR count). The smallest absolute Gasteiger partial charge is 0.348 e. The van der Waals surface area contributed by atoms with E-state index in [1.807, 2.05) is 24.3 Å². The topological polar surface area (TPSA) is 58.1 Å². The number of carbonyl (C=O) groups excluding carboxylic acids is 1. The van der Waals surface area contributed by atoms with Gasteiger partial charge in [0.05, 0.1) is 16.8 Å². The lowest BCUT2D eigenvalue weighted by Crippen LogP contribution is -2.41. The standard InChI is InChI=1S/C29H29ClF4N4O/c1-18-4-2-11-38(17-18)27-36-16-24(25(37-27)28(9-3-10-28)20-5-7-22(30)8-6-20)26(39)35-15-19-12-21(29(32,33)34)14-23(31)13-19/h5-8,12-14,16,18H,2-4,9-11,15,17H2,1H3,(H,35,39). The van der Waals surface area contributed by atoms with Crippen molar-refractivity contribution in [3.63, 3.8) is 0 Å². The normalized spacial score (nSPS) is 18.9. The zero-order valence-electron chi connectivity index (χ0n) is 21.5. The third kappa shape index (κ3) is 5.73. The van der Waals surface area contributed by atoms with E-state index >= 15 is 0 Å². The summed E-state index contributed by atoms with van der Waals surface area (Å²) in [6, 6.07) is 9.76. The van der Waals surface area contributed by atoms with Crippen LogP contribution in [0.4, 0.5) is 23.5 Å². The fourth-order valence-electron chi connectivity index (χ4n) is 5.58. The van der Waals surface area contributed by atoms with Crippen molar-refractivity contribution in [2.75, 3.05) is 18.0 Å². The molecule has 1 unspecified atom stereocenters. The summed E-state index contributed by atoms with van der Waals surface area (Å²) in [5.41, 5.74) is 0.223. The Hall–Kier alpha value is -3.20. The Morgan fingerprint density at radius 2 is 1.90 bits per heavy atom. The molecule has 1 N–H and O–H groups in total. The summed E-state index contributed by atoms with van der Waals surface area (Å²) in [4.78, 5) is 25.1. The molecule has 1 aliphatic carbocycles. The van der Waals surface area contributed by atoms with Gasteiger partial charge in [0.1, 0.15) is 5.82 Å². The second kappa shape index (κ2) is 10.8. The molecule has 3 aromatic rings. The van der Waals surface area contributed by atoms with Crippen LogP contribution in [-0.4, -0.2) is 29.0 Å². The number of rotatable bonds is 6. The molecular weight excluding hydrogens is 532 g/mol. The first kappa shape index (κ1) is 27.4. The quantitative estimate of drug-likeness (QED) is 0.332. The number of anilines is 1. The minimum Gasteiger partial charge on any atom is -0.348 e. The monoisotopic (exact) mass is 560 g/mol. The fraction of sp³-hybridized carbons (Fsp3) is 0.414. The van der Waals surface area contributed by atoms with E-state index in [1.165, 1.54) is 6.20 Å². The van der Waals surface area contributed by atoms with Crippen molar-refractivity contribution in [1.82, 2.24) is 15.3 Å². The van der Waals surface area contributed by atoms with Crippen LogP contribution in [0.25, 0.3) is 0 Å². The first-order valence-electron chi connectivity index (χ1n) is 13.1. The number of benzene rings is 2. The minimum atomic E-state index is -4.70. The van der Waals surface area contributed by atoms with Crippen molar-refractivity contribution in [2.24, 2.45) is 5.92 Å². The van der Waals surface area contributed by atoms with Gasteiger partial charge in [0.15, 0.2) is 0 Å². The summed E-state index contributed by atoms with van der Waals surface area (Å²) in [7, 11) is 0. The molecule has 2 heterocycles. The Morgan fingerprint density at radius 1 is 1.15 bits per heavy atom. The number of aromatic nitrogens is 2. The third-order valence-electron chi connectivity index (χ3n) is 7.76. The van der Waals surface area contributed by atoms with Gasteiger partial charge in [-0.2, -0.15) is 13.2 Å². The Bertz CT molecular complexity index is 1360. The average Bonchev–Trinajstić information content (AvgIpc) is 2.87. The minimum absolute atomic E-state index is 0.00752. The van der Waals surface area contributed by atoms with E-state index in [2.05, 4.69) is 22.1 Å². The zero-order chi connectivity index (χ0) is 27.8. The SMILES string of the molecule is CC1CCCN(c2ncc(C(=O)NCc3cc(F)cc(C(F)(F)F)c3)c(C3(c4ccc(Cl)cc4)CCC3)n2)C1. The van der Waals surface area contributed by atoms with E-state index in [4.69, 9.17) is 16.6 Å². The number of nitrogens with zero attached hydrogens (tertiary/aromatic N) is 3. The van der Waals surface area contributed by atoms with Gasteiger partial charge in [-0.05, 0) is 73.1 Å². The molecule has 0 spiro atoms. The highest BCUT2D eigenvalue weighted by molar-refractivity contribution is 6.30. The van der Waals surface area contributed by atoms with Crippen molar-refractivity contribution in [3.05, 3.63) is 87.4 Å². The number of nitrogens with one attached hydrogen (secondary N) is 1. The zero-order valence-corrected chi connectivity index (χ0v) is 22.2. The molecule has 1 saturated carbocycles. The van der Waals surface area contributed by atoms with Crippen LogP contribution in [0.1, 0.15) is 71.8 Å². The van der Waals surface area contributed by atoms with Crippen LogP contribution < -0.4 is 10.2 Å². The molecule has 2 aromatic carbocycles. The maximum absolute atomic E-state index is 13.9. The lowest BCUT2D eigenvalue weighted by Gasteiger charge is -2.43. The average molecular weight is 561 g/mol. The molecule has 5 nitrogen and oxygen atoms in total. The van der Waals surface area contributed by atoms with Crippen LogP contribution >= 0.6 is 11.6 Å². The highest BCUT2D eigenvalue weighted by Gasteiger charge is 2.44. The van der Waals surface area contributed by atoms with Crippen LogP contribution in [0.15, 0.2) is 48.7 Å². The Morgan fingerprint density at radius 3 is 2.54 bits per heavy atom. The van der Waals surface area contributed by atoms with Crippen molar-refractivity contribution >= 4 is 23.5 Å². The van der Waals surface area contributed by atoms with E-state index in [1.54, 1.807) is 0 Å². The van der Waals surface area contributed by atoms with E-state index in [9.17, 15) is 22.4 Å². The van der Waals surface area contributed by atoms with Gasteiger partial charge in [0.2, 0.25) is 5.95 Å². The van der Waals surface area contributed by atoms with Gasteiger partial charge in [0, 0.05) is 36.3 Å². The van der Waals surface area contributed by atoms with Crippen LogP contribution in [0, 0.1) is 11.7 Å². The second-order valence-corrected chi connectivity index (χ2v) is 11.0. The largest absolute Gasteiger partial charge is 0.416 e. The maximum Gasteiger partial charge on any atom is 0.416 e. The lowest BCUT2D eigenvalue weighted by molar-refractivity contribution is -0.137. The molecule has 0 radical (unpaired) electrons. The molecule has 1 aliphatic heterocycles. The number of alkyl halides is 3. The van der Waals surface area contributed by atoms with Gasteiger partial charge in [-0.1, -0.05) is 37.1 Å². The first-order valence-corrected chi connectivity index (χ1v) is 13.5. The fourth-order valence-corrected chi connectivity index (χ4v) is 5.71. The van der Waals surface area contributed by atoms with E-state index < -0.39 is 28.9 Å². The number of hydrogen-bond acceptors (Lipinski definition) is 4. The van der Waals surface area contributed by atoms with E-state index in [-0.39, 0.29) is 17.7 Å². The number of carbonyl (C=O) groups is 1. The van der Waals surface area contributed by atoms with Gasteiger partial charge < -0.3 is 10.2 Å². The molecule has 2 aliphatic rings. The van der Waals surface area contributed by atoms with Crippen molar-refractivity contribution in [1.29, 1.82) is 0 Å². The molecule has 1 amide bonds. The predicted molar refractivity (Wildman–Crippen MR) is 141 cm³/mol. The Labute approximate surface area is 229 Å². The molecule has 10 heteroatoms. The molecule has 0 bridgehead atoms. The Balaban J connectivity index is 1.49. The van der Waals surface area contributed by atoms with Crippen molar-refractivity contribution in [2.45, 2.75) is 57.2 Å². The van der Waals surface area contributed by atoms with Crippen LogP contribution in [-0.2, 0) is 18.1 Å². The van der Waals surface area contributed by atoms with E-state index in [0.717, 1.165) is 62.9 Å². The van der Waals surface area contributed by atoms with Crippen molar-refractivity contribution < 1.29 is 22.4 Å². The highest BCUT2D eigenvalue weighted by Crippen LogP contribution is 2.49. The highest BCUT2D eigenvalue weighted by atomic mass is 35.5. The number of amides is 1. The summed E-state index contributed by atoms with van der Waals surface area (Å²) in [6.45, 7) is 3.55. The summed E-state index contributed by atoms with van der Waals surface area (Å²) in [6.07, 6.45) is 1.48. The molecular formula is C29H29ClF4N4O. The molecule has 1 atom stereocenters. The first-order chi connectivity index (χ1) is 18.5. The predicted octanol–water partition coefficient (Wildman–Crippen LogP) is 6.92. The van der Waals surface area contributed by atoms with Gasteiger partial charge in [-0.25, -0.2) is 14.4 Å². The van der Waals surface area contributed by atoms with Crippen LogP contribution in [0.3, 0.4) is 0 Å². The summed E-state index contributed by atoms with van der Waals surface area (Å²) in [5, 5.41) is 3.26. The molecule has 206 valence electrons. The molecule has 39 heavy (non-hydrogen) atoms. The summed E-state index contributed by atoms with van der Waals surface area (Å²) >= 11 is 6.15. The third-order valence-corrected chi connectivity index (χ3v) is 8.01. The van der Waals surface area contributed by atoms with E-state index in [0.29, 0.717) is 28.6 Å². The summed E-state index contributed by atoms with van der Waals surface area (Å²) in [5.74, 6) is -0.486. The number of hydrogen-bond donors (Lipinski definition) is 1. The van der Waals surface area contributed by atoms with Gasteiger partial charge in [-0.3, -0.25) is 4.79 Å². The number of halogens is 5. The second-order valence-electron chi connectivity index (χ2n) is 10.6. The van der Waals surface area contributed by atoms with Gasteiger partial charge in [-0.15, -0.1) is 0 Å². The molecule has 2 fully saturated rings. The van der Waals surface area contributed by atoms with Crippen molar-refractivity contribution in [3.8, 4) is 0 Å². The van der Waals surface area contributed by atoms with Crippen LogP contribution in [0.5, 0.6) is 0 Å². The van der Waals surface area contributed by atoms with Gasteiger partial charge >= 0.3 is 6.18 Å². The van der Waals surface area contributed by atoms with Gasteiger partial charge in [0.25, 0.3) is 5.91 Å². The summed E-state index contributed by atoms with van der Waals surface area (Å²) < 4.78 is 53.4. The maximum atomic E-state index is 13.9. The Kier molecular flexibility index (Phi) is 7.55. The number of piperidine rings is 1. The van der Waals surface area contributed by atoms with Crippen LogP contribution in [0.2, 0.25) is 5.02 Å². The lowest BCUT2D eigenvalue weighted by atomic mass is 9.61. The molecule has 1 saturated heterocycles. The molecule has 1 aromatic heterocycles.